The Morgan fingerprint density at radius 2 is 1.89 bits per heavy atom. The molecule has 1 aromatic carbocycles. The topological polar surface area (TPSA) is 45.4 Å². The highest BCUT2D eigenvalue weighted by Gasteiger charge is 2.31. The number of hydrogen-bond donors (Lipinski definition) is 0. The van der Waals surface area contributed by atoms with E-state index in [0.29, 0.717) is 17.9 Å². The van der Waals surface area contributed by atoms with Crippen molar-refractivity contribution in [2.75, 3.05) is 19.6 Å². The highest BCUT2D eigenvalue weighted by Crippen LogP contribution is 2.39. The van der Waals surface area contributed by atoms with E-state index in [-0.39, 0.29) is 5.82 Å². The summed E-state index contributed by atoms with van der Waals surface area (Å²) < 4.78 is 19.1. The predicted octanol–water partition coefficient (Wildman–Crippen LogP) is 3.82. The Bertz CT molecular complexity index is 741. The molecule has 0 amide bonds. The molecule has 1 unspecified atom stereocenters. The molecule has 2 aromatic rings. The summed E-state index contributed by atoms with van der Waals surface area (Å²) in [5.74, 6) is 2.43. The zero-order valence-electron chi connectivity index (χ0n) is 16.3. The largest absolute Gasteiger partial charge is 0.424 e. The first-order chi connectivity index (χ1) is 13.1. The Morgan fingerprint density at radius 1 is 1.11 bits per heavy atom. The monoisotopic (exact) mass is 372 g/mol. The van der Waals surface area contributed by atoms with Gasteiger partial charge in [0.2, 0.25) is 11.8 Å². The number of rotatable bonds is 6. The number of hydrogen-bond acceptors (Lipinski definition) is 5. The quantitative estimate of drug-likeness (QED) is 0.771. The zero-order chi connectivity index (χ0) is 18.8. The van der Waals surface area contributed by atoms with E-state index in [1.165, 1.54) is 18.4 Å². The van der Waals surface area contributed by atoms with Gasteiger partial charge in [-0.05, 0) is 49.4 Å². The Kier molecular flexibility index (Phi) is 5.55. The molecule has 2 heterocycles. The summed E-state index contributed by atoms with van der Waals surface area (Å²) in [6, 6.07) is 7.34. The second-order valence-corrected chi connectivity index (χ2v) is 8.31. The SMILES string of the molecule is CC(C)C1CN(Cc2nnc(C3CC3)o2)CCCN1Cc1ccc(F)cc1. The van der Waals surface area contributed by atoms with Gasteiger partial charge in [0.05, 0.1) is 6.54 Å². The zero-order valence-corrected chi connectivity index (χ0v) is 16.3. The lowest BCUT2D eigenvalue weighted by Gasteiger charge is -2.34. The van der Waals surface area contributed by atoms with Crippen LogP contribution in [0.15, 0.2) is 28.7 Å². The van der Waals surface area contributed by atoms with Crippen molar-refractivity contribution in [2.45, 2.75) is 58.2 Å². The summed E-state index contributed by atoms with van der Waals surface area (Å²) in [6.45, 7) is 9.22. The molecular formula is C21H29FN4O. The van der Waals surface area contributed by atoms with E-state index in [9.17, 15) is 4.39 Å². The van der Waals surface area contributed by atoms with Crippen molar-refractivity contribution in [1.29, 1.82) is 0 Å². The van der Waals surface area contributed by atoms with Gasteiger partial charge in [-0.1, -0.05) is 26.0 Å². The van der Waals surface area contributed by atoms with E-state index < -0.39 is 0 Å². The van der Waals surface area contributed by atoms with Gasteiger partial charge in [0.25, 0.3) is 0 Å². The Hall–Kier alpha value is -1.79. The second-order valence-electron chi connectivity index (χ2n) is 8.31. The van der Waals surface area contributed by atoms with E-state index in [1.54, 1.807) is 12.1 Å². The van der Waals surface area contributed by atoms with Crippen LogP contribution < -0.4 is 0 Å². The average Bonchev–Trinajstić information content (AvgIpc) is 3.42. The van der Waals surface area contributed by atoms with Crippen LogP contribution in [0, 0.1) is 11.7 Å². The standard InChI is InChI=1S/C21H29FN4O/c1-15(2)19-13-25(14-20-23-24-21(27-20)17-6-7-17)10-3-11-26(19)12-16-4-8-18(22)9-5-16/h4-5,8-9,15,17,19H,3,6-7,10-14H2,1-2H3. The maximum Gasteiger partial charge on any atom is 0.230 e. The van der Waals surface area contributed by atoms with Crippen LogP contribution in [0.1, 0.15) is 56.4 Å². The number of aromatic nitrogens is 2. The van der Waals surface area contributed by atoms with Crippen LogP contribution in [0.2, 0.25) is 0 Å². The van der Waals surface area contributed by atoms with Gasteiger partial charge in [0, 0.05) is 31.6 Å². The molecule has 1 aliphatic heterocycles. The van der Waals surface area contributed by atoms with Gasteiger partial charge in [-0.3, -0.25) is 9.80 Å². The van der Waals surface area contributed by atoms with E-state index in [1.807, 2.05) is 12.1 Å². The Balaban J connectivity index is 1.41. The predicted molar refractivity (Wildman–Crippen MR) is 102 cm³/mol. The molecular weight excluding hydrogens is 343 g/mol. The van der Waals surface area contributed by atoms with E-state index >= 15 is 0 Å². The van der Waals surface area contributed by atoms with Gasteiger partial charge in [-0.25, -0.2) is 4.39 Å². The number of benzene rings is 1. The van der Waals surface area contributed by atoms with Crippen molar-refractivity contribution in [2.24, 2.45) is 5.92 Å². The lowest BCUT2D eigenvalue weighted by atomic mass is 10.0. The van der Waals surface area contributed by atoms with Crippen molar-refractivity contribution in [3.8, 4) is 0 Å². The first-order valence-electron chi connectivity index (χ1n) is 10.1. The lowest BCUT2D eigenvalue weighted by Crippen LogP contribution is -2.43. The fourth-order valence-electron chi connectivity index (χ4n) is 3.95. The van der Waals surface area contributed by atoms with Crippen LogP contribution >= 0.6 is 0 Å². The molecule has 1 saturated carbocycles. The minimum atomic E-state index is -0.175. The van der Waals surface area contributed by atoms with Gasteiger partial charge in [-0.2, -0.15) is 0 Å². The maximum absolute atomic E-state index is 13.2. The molecule has 2 fully saturated rings. The summed E-state index contributed by atoms with van der Waals surface area (Å²) in [7, 11) is 0. The van der Waals surface area contributed by atoms with Crippen LogP contribution in [0.3, 0.4) is 0 Å². The van der Waals surface area contributed by atoms with E-state index in [2.05, 4.69) is 33.8 Å². The smallest absolute Gasteiger partial charge is 0.230 e. The molecule has 2 aliphatic rings. The molecule has 6 heteroatoms. The fraction of sp³-hybridized carbons (Fsp3) is 0.619. The lowest BCUT2D eigenvalue weighted by molar-refractivity contribution is 0.126. The summed E-state index contributed by atoms with van der Waals surface area (Å²) in [5.41, 5.74) is 1.17. The van der Waals surface area contributed by atoms with E-state index in [4.69, 9.17) is 4.42 Å². The van der Waals surface area contributed by atoms with Gasteiger partial charge in [-0.15, -0.1) is 10.2 Å². The van der Waals surface area contributed by atoms with Crippen molar-refractivity contribution in [1.82, 2.24) is 20.0 Å². The van der Waals surface area contributed by atoms with Crippen molar-refractivity contribution in [3.63, 3.8) is 0 Å². The molecule has 1 aromatic heterocycles. The third-order valence-corrected chi connectivity index (χ3v) is 5.67. The van der Waals surface area contributed by atoms with Gasteiger partial charge >= 0.3 is 0 Å². The normalized spacial score (nSPS) is 22.3. The molecule has 1 saturated heterocycles. The molecule has 0 radical (unpaired) electrons. The summed E-state index contributed by atoms with van der Waals surface area (Å²) in [6.07, 6.45) is 3.46. The van der Waals surface area contributed by atoms with Crippen LogP contribution in [-0.2, 0) is 13.1 Å². The Labute approximate surface area is 160 Å². The minimum absolute atomic E-state index is 0.175. The summed E-state index contributed by atoms with van der Waals surface area (Å²) in [5, 5.41) is 8.47. The number of nitrogens with zero attached hydrogens (tertiary/aromatic N) is 4. The van der Waals surface area contributed by atoms with Crippen molar-refractivity contribution in [3.05, 3.63) is 47.4 Å². The molecule has 146 valence electrons. The van der Waals surface area contributed by atoms with E-state index in [0.717, 1.165) is 50.9 Å². The van der Waals surface area contributed by atoms with Gasteiger partial charge < -0.3 is 4.42 Å². The van der Waals surface area contributed by atoms with Crippen LogP contribution in [0.5, 0.6) is 0 Å². The number of halogens is 1. The highest BCUT2D eigenvalue weighted by molar-refractivity contribution is 5.16. The first kappa shape index (κ1) is 18.6. The molecule has 5 nitrogen and oxygen atoms in total. The first-order valence-corrected chi connectivity index (χ1v) is 10.1. The Morgan fingerprint density at radius 3 is 2.59 bits per heavy atom. The second kappa shape index (κ2) is 8.07. The molecule has 4 rings (SSSR count). The van der Waals surface area contributed by atoms with Crippen LogP contribution in [-0.4, -0.2) is 45.7 Å². The molecule has 0 bridgehead atoms. The maximum atomic E-state index is 13.2. The average molecular weight is 372 g/mol. The third-order valence-electron chi connectivity index (χ3n) is 5.67. The van der Waals surface area contributed by atoms with Gasteiger partial charge in [0.1, 0.15) is 5.82 Å². The van der Waals surface area contributed by atoms with Gasteiger partial charge in [0.15, 0.2) is 0 Å². The van der Waals surface area contributed by atoms with Crippen molar-refractivity contribution >= 4 is 0 Å². The highest BCUT2D eigenvalue weighted by atomic mass is 19.1. The van der Waals surface area contributed by atoms with Crippen molar-refractivity contribution < 1.29 is 8.81 Å². The molecule has 0 N–H and O–H groups in total. The molecule has 0 spiro atoms. The van der Waals surface area contributed by atoms with Crippen LogP contribution in [0.25, 0.3) is 0 Å². The molecule has 27 heavy (non-hydrogen) atoms. The van der Waals surface area contributed by atoms with Crippen LogP contribution in [0.4, 0.5) is 4.39 Å². The third kappa shape index (κ3) is 4.74. The fourth-order valence-corrected chi connectivity index (χ4v) is 3.95. The summed E-state index contributed by atoms with van der Waals surface area (Å²) in [4.78, 5) is 4.99. The molecule has 1 aliphatic carbocycles. The minimum Gasteiger partial charge on any atom is -0.424 e. The molecule has 1 atom stereocenters. The summed E-state index contributed by atoms with van der Waals surface area (Å²) >= 11 is 0.